The summed E-state index contributed by atoms with van der Waals surface area (Å²) < 4.78 is 2.47. The number of rotatable bonds is 2. The smallest absolute Gasteiger partial charge is 0.0346 e. The lowest BCUT2D eigenvalue weighted by Gasteiger charge is -2.03. The van der Waals surface area contributed by atoms with Gasteiger partial charge in [0, 0.05) is 15.2 Å². The first-order chi connectivity index (χ1) is 6.66. The Labute approximate surface area is 108 Å². The minimum absolute atomic E-state index is 0. The van der Waals surface area contributed by atoms with Crippen LogP contribution in [0.1, 0.15) is 12.5 Å². The van der Waals surface area contributed by atoms with E-state index in [0.717, 1.165) is 10.9 Å². The molecule has 2 rings (SSSR count). The highest BCUT2D eigenvalue weighted by molar-refractivity contribution is 9.10. The zero-order valence-electron chi connectivity index (χ0n) is 8.37. The molecule has 0 fully saturated rings. The predicted octanol–water partition coefficient (Wildman–Crippen LogP) is 3.98. The molecule has 2 aromatic rings. The Morgan fingerprint density at radius 3 is 2.87 bits per heavy atom. The highest BCUT2D eigenvalue weighted by atomic mass is 79.9. The molecule has 82 valence electrons. The van der Waals surface area contributed by atoms with Gasteiger partial charge in [0.2, 0.25) is 0 Å². The standard InChI is InChI=1S/C11H12BrNS.ClH/c1-7(13)4-8-6-14-11-3-2-9(12)5-10(8)11;/h2-3,5-7H,4,13H2,1H3;1H. The van der Waals surface area contributed by atoms with Crippen LogP contribution in [0.5, 0.6) is 0 Å². The Hall–Kier alpha value is -0.0900. The van der Waals surface area contributed by atoms with Crippen molar-refractivity contribution < 1.29 is 0 Å². The van der Waals surface area contributed by atoms with Gasteiger partial charge in [-0.05, 0) is 47.9 Å². The average Bonchev–Trinajstić information content (AvgIpc) is 2.47. The number of hydrogen-bond donors (Lipinski definition) is 1. The molecule has 1 atom stereocenters. The highest BCUT2D eigenvalue weighted by Crippen LogP contribution is 2.29. The summed E-state index contributed by atoms with van der Waals surface area (Å²) in [6, 6.07) is 6.62. The molecule has 0 aliphatic rings. The molecule has 0 aliphatic carbocycles. The van der Waals surface area contributed by atoms with Crippen molar-refractivity contribution in [2.24, 2.45) is 5.73 Å². The number of halogens is 2. The fourth-order valence-electron chi connectivity index (χ4n) is 1.56. The monoisotopic (exact) mass is 305 g/mol. The molecular formula is C11H13BrClNS. The van der Waals surface area contributed by atoms with Crippen molar-refractivity contribution >= 4 is 49.8 Å². The minimum atomic E-state index is 0. The third-order valence-corrected chi connectivity index (χ3v) is 3.66. The number of fused-ring (bicyclic) bond motifs is 1. The molecule has 0 amide bonds. The molecule has 0 radical (unpaired) electrons. The second kappa shape index (κ2) is 5.30. The summed E-state index contributed by atoms with van der Waals surface area (Å²) in [7, 11) is 0. The Balaban J connectivity index is 0.00000112. The minimum Gasteiger partial charge on any atom is -0.328 e. The first-order valence-corrected chi connectivity index (χ1v) is 6.25. The molecule has 1 nitrogen and oxygen atoms in total. The molecule has 0 aliphatic heterocycles. The Morgan fingerprint density at radius 1 is 1.47 bits per heavy atom. The zero-order valence-corrected chi connectivity index (χ0v) is 11.6. The summed E-state index contributed by atoms with van der Waals surface area (Å²) in [5, 5.41) is 3.54. The Kier molecular flexibility index (Phi) is 4.59. The van der Waals surface area contributed by atoms with Crippen LogP contribution < -0.4 is 5.73 Å². The van der Waals surface area contributed by atoms with E-state index in [2.05, 4.69) is 39.5 Å². The van der Waals surface area contributed by atoms with Gasteiger partial charge < -0.3 is 5.73 Å². The molecule has 1 aromatic carbocycles. The highest BCUT2D eigenvalue weighted by Gasteiger charge is 2.06. The van der Waals surface area contributed by atoms with E-state index < -0.39 is 0 Å². The van der Waals surface area contributed by atoms with Gasteiger partial charge in [0.1, 0.15) is 0 Å². The SMILES string of the molecule is CC(N)Cc1csc2ccc(Br)cc12.Cl. The molecule has 0 bridgehead atoms. The van der Waals surface area contributed by atoms with Gasteiger partial charge in [-0.1, -0.05) is 15.9 Å². The molecule has 0 saturated heterocycles. The Morgan fingerprint density at radius 2 is 2.20 bits per heavy atom. The van der Waals surface area contributed by atoms with Crippen LogP contribution >= 0.6 is 39.7 Å². The van der Waals surface area contributed by atoms with Gasteiger partial charge in [-0.3, -0.25) is 0 Å². The molecule has 4 heteroatoms. The molecular weight excluding hydrogens is 294 g/mol. The van der Waals surface area contributed by atoms with Crippen LogP contribution in [0.3, 0.4) is 0 Å². The van der Waals surface area contributed by atoms with Crippen molar-refractivity contribution in [2.45, 2.75) is 19.4 Å². The van der Waals surface area contributed by atoms with E-state index in [1.54, 1.807) is 11.3 Å². The number of thiophene rings is 1. The van der Waals surface area contributed by atoms with Crippen LogP contribution in [0.2, 0.25) is 0 Å². The van der Waals surface area contributed by atoms with Gasteiger partial charge in [0.25, 0.3) is 0 Å². The van der Waals surface area contributed by atoms with Crippen LogP contribution in [-0.2, 0) is 6.42 Å². The van der Waals surface area contributed by atoms with E-state index in [1.165, 1.54) is 15.6 Å². The van der Waals surface area contributed by atoms with E-state index in [1.807, 2.05) is 6.92 Å². The maximum absolute atomic E-state index is 5.81. The van der Waals surface area contributed by atoms with Gasteiger partial charge >= 0.3 is 0 Å². The lowest BCUT2D eigenvalue weighted by atomic mass is 10.1. The normalized spacial score (nSPS) is 12.5. The molecule has 1 unspecified atom stereocenters. The summed E-state index contributed by atoms with van der Waals surface area (Å²) in [5.41, 5.74) is 7.17. The number of hydrogen-bond acceptors (Lipinski definition) is 2. The lowest BCUT2D eigenvalue weighted by Crippen LogP contribution is -2.17. The van der Waals surface area contributed by atoms with E-state index >= 15 is 0 Å². The second-order valence-corrected chi connectivity index (χ2v) is 5.41. The molecule has 15 heavy (non-hydrogen) atoms. The third-order valence-electron chi connectivity index (χ3n) is 2.16. The largest absolute Gasteiger partial charge is 0.328 e. The maximum atomic E-state index is 5.81. The van der Waals surface area contributed by atoms with Gasteiger partial charge in [0.15, 0.2) is 0 Å². The van der Waals surface area contributed by atoms with Crippen molar-refractivity contribution in [2.75, 3.05) is 0 Å². The molecule has 2 N–H and O–H groups in total. The first-order valence-electron chi connectivity index (χ1n) is 4.58. The molecule has 1 aromatic heterocycles. The van der Waals surface area contributed by atoms with Crippen LogP contribution in [0.15, 0.2) is 28.1 Å². The van der Waals surface area contributed by atoms with Gasteiger partial charge in [-0.25, -0.2) is 0 Å². The van der Waals surface area contributed by atoms with E-state index in [9.17, 15) is 0 Å². The van der Waals surface area contributed by atoms with Gasteiger partial charge in [0.05, 0.1) is 0 Å². The van der Waals surface area contributed by atoms with Crippen molar-refractivity contribution in [3.05, 3.63) is 33.6 Å². The molecule has 0 saturated carbocycles. The van der Waals surface area contributed by atoms with Crippen LogP contribution in [0, 0.1) is 0 Å². The van der Waals surface area contributed by atoms with Crippen LogP contribution in [0.4, 0.5) is 0 Å². The lowest BCUT2D eigenvalue weighted by molar-refractivity contribution is 0.743. The van der Waals surface area contributed by atoms with Gasteiger partial charge in [-0.2, -0.15) is 0 Å². The predicted molar refractivity (Wildman–Crippen MR) is 74.1 cm³/mol. The summed E-state index contributed by atoms with van der Waals surface area (Å²) >= 11 is 5.28. The fraction of sp³-hybridized carbons (Fsp3) is 0.273. The third kappa shape index (κ3) is 2.94. The molecule has 0 spiro atoms. The topological polar surface area (TPSA) is 26.0 Å². The van der Waals surface area contributed by atoms with E-state index in [4.69, 9.17) is 5.73 Å². The summed E-state index contributed by atoms with van der Waals surface area (Å²) in [6.45, 7) is 2.04. The fourth-order valence-corrected chi connectivity index (χ4v) is 2.88. The van der Waals surface area contributed by atoms with Crippen LogP contribution in [0.25, 0.3) is 10.1 Å². The van der Waals surface area contributed by atoms with Crippen LogP contribution in [-0.4, -0.2) is 6.04 Å². The maximum Gasteiger partial charge on any atom is 0.0346 e. The van der Waals surface area contributed by atoms with Gasteiger partial charge in [-0.15, -0.1) is 23.7 Å². The molecule has 1 heterocycles. The second-order valence-electron chi connectivity index (χ2n) is 3.58. The first kappa shape index (κ1) is 13.0. The summed E-state index contributed by atoms with van der Waals surface area (Å²) in [5.74, 6) is 0. The van der Waals surface area contributed by atoms with E-state index in [-0.39, 0.29) is 18.4 Å². The summed E-state index contributed by atoms with van der Waals surface area (Å²) in [4.78, 5) is 0. The summed E-state index contributed by atoms with van der Waals surface area (Å²) in [6.07, 6.45) is 0.955. The van der Waals surface area contributed by atoms with E-state index in [0.29, 0.717) is 0 Å². The quantitative estimate of drug-likeness (QED) is 0.892. The Bertz CT molecular complexity index is 453. The van der Waals surface area contributed by atoms with Crippen molar-refractivity contribution in [3.63, 3.8) is 0 Å². The average molecular weight is 307 g/mol. The van der Waals surface area contributed by atoms with Crippen molar-refractivity contribution in [1.82, 2.24) is 0 Å². The number of benzene rings is 1. The van der Waals surface area contributed by atoms with Crippen molar-refractivity contribution in [1.29, 1.82) is 0 Å². The zero-order chi connectivity index (χ0) is 10.1. The van der Waals surface area contributed by atoms with Crippen molar-refractivity contribution in [3.8, 4) is 0 Å². The number of nitrogens with two attached hydrogens (primary N) is 1.